The number of aliphatic hydroxyl groups excluding tert-OH is 1. The maximum absolute atomic E-state index is 14.2. The Hall–Kier alpha value is -3.01. The number of aliphatic hydroxyl groups is 1. The summed E-state index contributed by atoms with van der Waals surface area (Å²) in [5.41, 5.74) is -0.587. The molecule has 39 heavy (non-hydrogen) atoms. The Morgan fingerprint density at radius 2 is 1.82 bits per heavy atom. The van der Waals surface area contributed by atoms with Crippen LogP contribution in [-0.4, -0.2) is 60.4 Å². The van der Waals surface area contributed by atoms with Crippen LogP contribution >= 0.6 is 0 Å². The van der Waals surface area contributed by atoms with Gasteiger partial charge in [0.1, 0.15) is 18.0 Å². The van der Waals surface area contributed by atoms with Crippen LogP contribution in [0.3, 0.4) is 0 Å². The predicted molar refractivity (Wildman–Crippen MR) is 133 cm³/mol. The number of ketones is 1. The number of ether oxygens (including phenoxy) is 4. The van der Waals surface area contributed by atoms with Gasteiger partial charge in [0.25, 0.3) is 0 Å². The van der Waals surface area contributed by atoms with Gasteiger partial charge in [-0.1, -0.05) is 33.3 Å². The van der Waals surface area contributed by atoms with E-state index in [1.54, 1.807) is 0 Å². The van der Waals surface area contributed by atoms with E-state index in [1.807, 2.05) is 27.7 Å². The van der Waals surface area contributed by atoms with Crippen molar-refractivity contribution < 1.29 is 48.0 Å². The quantitative estimate of drug-likeness (QED) is 0.319. The third kappa shape index (κ3) is 3.89. The molecule has 1 N–H and O–H groups in total. The van der Waals surface area contributed by atoms with E-state index < -0.39 is 70.5 Å². The minimum Gasteiger partial charge on any atom is -0.469 e. The molecule has 0 aromatic rings. The molecule has 0 radical (unpaired) electrons. The summed E-state index contributed by atoms with van der Waals surface area (Å²) in [6.07, 6.45) is -0.473. The average Bonchev–Trinajstić information content (AvgIpc) is 3.19. The highest BCUT2D eigenvalue weighted by Crippen LogP contribution is 2.67. The largest absolute Gasteiger partial charge is 0.469 e. The van der Waals surface area contributed by atoms with Crippen LogP contribution in [0.15, 0.2) is 22.8 Å². The molecule has 2 saturated carbocycles. The van der Waals surface area contributed by atoms with E-state index >= 15 is 0 Å². The molecule has 212 valence electrons. The number of allylic oxidation sites excluding steroid dienone is 1. The zero-order valence-electron chi connectivity index (χ0n) is 23.2. The summed E-state index contributed by atoms with van der Waals surface area (Å²) in [7, 11) is 1.31. The van der Waals surface area contributed by atoms with Gasteiger partial charge in [0.2, 0.25) is 6.29 Å². The average molecular weight is 545 g/mol. The first kappa shape index (κ1) is 27.6. The fraction of sp³-hybridized carbons (Fsp3) is 0.690. The van der Waals surface area contributed by atoms with Crippen molar-refractivity contribution in [2.45, 2.75) is 85.2 Å². The van der Waals surface area contributed by atoms with Gasteiger partial charge in [-0.3, -0.25) is 19.2 Å². The normalized spacial score (nSPS) is 40.6. The third-order valence-corrected chi connectivity index (χ3v) is 10.3. The van der Waals surface area contributed by atoms with E-state index in [9.17, 15) is 29.1 Å². The number of Topliss-reactive ketones (excluding diaryl/α,β-unsaturated/α-hetero) is 1. The van der Waals surface area contributed by atoms with Gasteiger partial charge in [-0.25, -0.2) is 4.79 Å². The van der Waals surface area contributed by atoms with E-state index in [-0.39, 0.29) is 30.1 Å². The fourth-order valence-corrected chi connectivity index (χ4v) is 8.55. The van der Waals surface area contributed by atoms with Crippen LogP contribution < -0.4 is 0 Å². The maximum Gasteiger partial charge on any atom is 0.340 e. The summed E-state index contributed by atoms with van der Waals surface area (Å²) < 4.78 is 21.5. The number of carbonyl (C=O) groups is 5. The van der Waals surface area contributed by atoms with Gasteiger partial charge >= 0.3 is 23.9 Å². The number of hydrogen-bond donors (Lipinski definition) is 1. The zero-order valence-corrected chi connectivity index (χ0v) is 23.2. The summed E-state index contributed by atoms with van der Waals surface area (Å²) in [6.45, 7) is 9.03. The smallest absolute Gasteiger partial charge is 0.340 e. The topological polar surface area (TPSA) is 142 Å². The van der Waals surface area contributed by atoms with Crippen LogP contribution in [0, 0.1) is 34.0 Å². The molecule has 0 aromatic carbocycles. The molecule has 0 amide bonds. The van der Waals surface area contributed by atoms with Gasteiger partial charge in [-0.15, -0.1) is 0 Å². The van der Waals surface area contributed by atoms with Gasteiger partial charge < -0.3 is 24.1 Å². The molecule has 10 nitrogen and oxygen atoms in total. The van der Waals surface area contributed by atoms with Crippen LogP contribution in [0.4, 0.5) is 0 Å². The lowest BCUT2D eigenvalue weighted by Gasteiger charge is -2.63. The van der Waals surface area contributed by atoms with Crippen molar-refractivity contribution in [3.05, 3.63) is 22.8 Å². The molecule has 3 aliphatic carbocycles. The number of fused-ring (bicyclic) bond motifs is 5. The van der Waals surface area contributed by atoms with E-state index in [1.165, 1.54) is 20.1 Å². The Labute approximate surface area is 227 Å². The maximum atomic E-state index is 14.2. The second-order valence-electron chi connectivity index (χ2n) is 12.6. The van der Waals surface area contributed by atoms with Gasteiger partial charge in [0.05, 0.1) is 25.0 Å². The number of carbonyl (C=O) groups excluding carboxylic acids is 5. The van der Waals surface area contributed by atoms with Crippen molar-refractivity contribution in [3.63, 3.8) is 0 Å². The number of cyclic esters (lactones) is 2. The van der Waals surface area contributed by atoms with E-state index in [2.05, 4.69) is 0 Å². The molecule has 5 rings (SSSR count). The van der Waals surface area contributed by atoms with Crippen LogP contribution in [0.2, 0.25) is 0 Å². The molecule has 3 fully saturated rings. The first-order chi connectivity index (χ1) is 18.2. The summed E-state index contributed by atoms with van der Waals surface area (Å²) >= 11 is 0. The standard InChI is InChI=1S/C29H36O10/c1-13(30)37-24-15-9-14-17(29(5,23(15)34)19(27(24,2)3)12-20(31)36-6)7-8-28(4)18(14)11-22(33)38-25(28)16-10-21(32)39-26(16)35/h10,15,17,19,21,24-25,32H,7-9,11-12H2,1-6H3/t15-,17-,19-,21+,24-,25+,28-,29+/m1/s1. The van der Waals surface area contributed by atoms with Gasteiger partial charge in [-0.2, -0.15) is 0 Å². The lowest BCUT2D eigenvalue weighted by atomic mass is 9.40. The predicted octanol–water partition coefficient (Wildman–Crippen LogP) is 2.56. The second-order valence-corrected chi connectivity index (χ2v) is 12.6. The Morgan fingerprint density at radius 3 is 2.41 bits per heavy atom. The molecule has 1 saturated heterocycles. The van der Waals surface area contributed by atoms with Crippen molar-refractivity contribution in [2.75, 3.05) is 7.11 Å². The number of hydrogen-bond acceptors (Lipinski definition) is 10. The monoisotopic (exact) mass is 544 g/mol. The highest BCUT2D eigenvalue weighted by molar-refractivity contribution is 5.94. The number of rotatable bonds is 4. The molecule has 2 aliphatic heterocycles. The van der Waals surface area contributed by atoms with Crippen molar-refractivity contribution in [2.24, 2.45) is 34.0 Å². The Kier molecular flexibility index (Phi) is 6.36. The first-order valence-electron chi connectivity index (χ1n) is 13.5. The Morgan fingerprint density at radius 1 is 1.13 bits per heavy atom. The molecule has 8 atom stereocenters. The minimum atomic E-state index is -1.40. The van der Waals surface area contributed by atoms with Crippen molar-refractivity contribution in [3.8, 4) is 0 Å². The lowest BCUT2D eigenvalue weighted by Crippen LogP contribution is -2.67. The Balaban J connectivity index is 1.68. The second kappa shape index (κ2) is 9.01. The molecule has 0 spiro atoms. The molecule has 5 aliphatic rings. The number of methoxy groups -OCH3 is 1. The van der Waals surface area contributed by atoms with Gasteiger partial charge in [0.15, 0.2) is 0 Å². The number of esters is 4. The fourth-order valence-electron chi connectivity index (χ4n) is 8.55. The van der Waals surface area contributed by atoms with E-state index in [4.69, 9.17) is 18.9 Å². The highest BCUT2D eigenvalue weighted by Gasteiger charge is 2.69. The SMILES string of the molecule is COC(=O)C[C@@H]1C(C)(C)[C@H](OC(C)=O)[C@@H]2CC3=C4CC(=O)O[C@@H](C5=C[C@@H](O)OC5=O)[C@]4(C)CC[C@H]3[C@]1(C)C2=O. The highest BCUT2D eigenvalue weighted by atomic mass is 16.6. The van der Waals surface area contributed by atoms with Crippen LogP contribution in [-0.2, 0) is 42.9 Å². The van der Waals surface area contributed by atoms with Gasteiger partial charge in [-0.05, 0) is 42.7 Å². The molecule has 0 aromatic heterocycles. The summed E-state index contributed by atoms with van der Waals surface area (Å²) in [4.78, 5) is 64.6. The van der Waals surface area contributed by atoms with Gasteiger partial charge in [0, 0.05) is 29.6 Å². The van der Waals surface area contributed by atoms with Crippen LogP contribution in [0.1, 0.15) is 66.7 Å². The first-order valence-corrected chi connectivity index (χ1v) is 13.5. The minimum absolute atomic E-state index is 0.00397. The molecule has 10 heteroatoms. The molecular weight excluding hydrogens is 508 g/mol. The molecule has 2 heterocycles. The summed E-state index contributed by atoms with van der Waals surface area (Å²) in [6, 6.07) is 0. The molecule has 2 bridgehead atoms. The third-order valence-electron chi connectivity index (χ3n) is 10.3. The van der Waals surface area contributed by atoms with Crippen molar-refractivity contribution in [1.29, 1.82) is 0 Å². The molecule has 0 unspecified atom stereocenters. The lowest BCUT2D eigenvalue weighted by molar-refractivity contribution is -0.197. The van der Waals surface area contributed by atoms with E-state index in [0.717, 1.165) is 11.1 Å². The van der Waals surface area contributed by atoms with Crippen LogP contribution in [0.25, 0.3) is 0 Å². The Bertz CT molecular complexity index is 1230. The summed E-state index contributed by atoms with van der Waals surface area (Å²) in [5.74, 6) is -3.64. The van der Waals surface area contributed by atoms with Crippen LogP contribution in [0.5, 0.6) is 0 Å². The van der Waals surface area contributed by atoms with Crippen molar-refractivity contribution >= 4 is 29.7 Å². The molecular formula is C29H36O10. The van der Waals surface area contributed by atoms with Crippen molar-refractivity contribution in [1.82, 2.24) is 0 Å². The van der Waals surface area contributed by atoms with E-state index in [0.29, 0.717) is 19.3 Å². The summed E-state index contributed by atoms with van der Waals surface area (Å²) in [5, 5.41) is 9.89. The zero-order chi connectivity index (χ0) is 28.7.